The zero-order chi connectivity index (χ0) is 14.3. The number of hydrogen-bond acceptors (Lipinski definition) is 3. The van der Waals surface area contributed by atoms with Gasteiger partial charge in [0.2, 0.25) is 0 Å². The average Bonchev–Trinajstić information content (AvgIpc) is 3.13. The minimum atomic E-state index is -0.0312. The first-order valence-corrected chi connectivity index (χ1v) is 7.96. The summed E-state index contributed by atoms with van der Waals surface area (Å²) in [6.45, 7) is 4.13. The van der Waals surface area contributed by atoms with Crippen LogP contribution < -0.4 is 11.1 Å². The van der Waals surface area contributed by atoms with Gasteiger partial charge in [0.1, 0.15) is 4.88 Å². The van der Waals surface area contributed by atoms with E-state index in [9.17, 15) is 4.79 Å². The van der Waals surface area contributed by atoms with Gasteiger partial charge in [0.15, 0.2) is 0 Å². The molecule has 4 heteroatoms. The highest BCUT2D eigenvalue weighted by atomic mass is 32.1. The van der Waals surface area contributed by atoms with E-state index in [2.05, 4.69) is 25.2 Å². The zero-order valence-corrected chi connectivity index (χ0v) is 12.7. The molecule has 20 heavy (non-hydrogen) atoms. The van der Waals surface area contributed by atoms with Gasteiger partial charge in [-0.15, -0.1) is 11.3 Å². The van der Waals surface area contributed by atoms with Gasteiger partial charge in [0.25, 0.3) is 5.91 Å². The Kier molecular flexibility index (Phi) is 3.42. The predicted molar refractivity (Wildman–Crippen MR) is 85.2 cm³/mol. The van der Waals surface area contributed by atoms with E-state index in [0.29, 0.717) is 10.6 Å². The Morgan fingerprint density at radius 3 is 2.90 bits per heavy atom. The maximum absolute atomic E-state index is 12.4. The maximum atomic E-state index is 12.4. The molecule has 1 unspecified atom stereocenters. The molecule has 0 aliphatic heterocycles. The number of carbonyl (C=O) groups excluding carboxylic acids is 1. The van der Waals surface area contributed by atoms with Crippen molar-refractivity contribution in [1.82, 2.24) is 5.32 Å². The molecule has 2 aromatic rings. The summed E-state index contributed by atoms with van der Waals surface area (Å²) in [5.74, 6) is 0.781. The summed E-state index contributed by atoms with van der Waals surface area (Å²) in [6, 6.07) is 6.24. The lowest BCUT2D eigenvalue weighted by Gasteiger charge is -2.12. The minimum Gasteiger partial charge on any atom is -0.397 e. The number of rotatable bonds is 4. The first-order chi connectivity index (χ1) is 9.56. The summed E-state index contributed by atoms with van der Waals surface area (Å²) >= 11 is 1.50. The van der Waals surface area contributed by atoms with Gasteiger partial charge in [-0.3, -0.25) is 4.79 Å². The summed E-state index contributed by atoms with van der Waals surface area (Å²) in [4.78, 5) is 13.0. The number of carbonyl (C=O) groups is 1. The van der Waals surface area contributed by atoms with Crippen molar-refractivity contribution in [3.05, 3.63) is 28.6 Å². The van der Waals surface area contributed by atoms with Gasteiger partial charge in [-0.05, 0) is 31.7 Å². The standard InChI is InChI=1S/C16H20N2OS/c1-9-4-3-5-12-13(17)15(20-14(9)12)16(19)18-10(2)8-11-6-7-11/h3-5,10-11H,6-8,17H2,1-2H3,(H,18,19). The van der Waals surface area contributed by atoms with E-state index >= 15 is 0 Å². The van der Waals surface area contributed by atoms with Crippen LogP contribution in [0.15, 0.2) is 18.2 Å². The third kappa shape index (κ3) is 2.52. The van der Waals surface area contributed by atoms with Crippen LogP contribution in [-0.4, -0.2) is 11.9 Å². The lowest BCUT2D eigenvalue weighted by molar-refractivity contribution is 0.0942. The fourth-order valence-corrected chi connectivity index (χ4v) is 3.74. The Labute approximate surface area is 123 Å². The number of fused-ring (bicyclic) bond motifs is 1. The summed E-state index contributed by atoms with van der Waals surface area (Å²) in [7, 11) is 0. The average molecular weight is 288 g/mol. The molecule has 106 valence electrons. The molecule has 1 fully saturated rings. The molecule has 1 saturated carbocycles. The molecule has 1 heterocycles. The van der Waals surface area contributed by atoms with Crippen LogP contribution in [0.4, 0.5) is 5.69 Å². The van der Waals surface area contributed by atoms with Crippen molar-refractivity contribution < 1.29 is 4.79 Å². The molecule has 1 aliphatic carbocycles. The second-order valence-corrected chi connectivity index (χ2v) is 6.87. The number of benzene rings is 1. The molecule has 1 aliphatic rings. The lowest BCUT2D eigenvalue weighted by atomic mass is 10.1. The highest BCUT2D eigenvalue weighted by Crippen LogP contribution is 2.36. The summed E-state index contributed by atoms with van der Waals surface area (Å²) in [5.41, 5.74) is 7.93. The Balaban J connectivity index is 1.83. The Bertz CT molecular complexity index is 658. The quantitative estimate of drug-likeness (QED) is 0.901. The fourth-order valence-electron chi connectivity index (χ4n) is 2.65. The van der Waals surface area contributed by atoms with Gasteiger partial charge < -0.3 is 11.1 Å². The Morgan fingerprint density at radius 1 is 1.50 bits per heavy atom. The number of nitrogens with one attached hydrogen (secondary N) is 1. The lowest BCUT2D eigenvalue weighted by Crippen LogP contribution is -2.32. The van der Waals surface area contributed by atoms with Gasteiger partial charge in [0.05, 0.1) is 5.69 Å². The normalized spacial score (nSPS) is 16.3. The summed E-state index contributed by atoms with van der Waals surface area (Å²) < 4.78 is 1.12. The topological polar surface area (TPSA) is 55.1 Å². The first-order valence-electron chi connectivity index (χ1n) is 7.14. The monoisotopic (exact) mass is 288 g/mol. The van der Waals surface area contributed by atoms with Crippen LogP contribution in [0.25, 0.3) is 10.1 Å². The van der Waals surface area contributed by atoms with Crippen molar-refractivity contribution >= 4 is 33.0 Å². The molecule has 1 aromatic carbocycles. The van der Waals surface area contributed by atoms with Gasteiger partial charge >= 0.3 is 0 Å². The molecule has 1 aromatic heterocycles. The van der Waals surface area contributed by atoms with E-state index < -0.39 is 0 Å². The Morgan fingerprint density at radius 2 is 2.25 bits per heavy atom. The van der Waals surface area contributed by atoms with Crippen LogP contribution in [0, 0.1) is 12.8 Å². The van der Waals surface area contributed by atoms with Crippen LogP contribution >= 0.6 is 11.3 Å². The number of nitrogen functional groups attached to an aromatic ring is 1. The molecule has 0 bridgehead atoms. The van der Waals surface area contributed by atoms with E-state index in [-0.39, 0.29) is 11.9 Å². The molecule has 1 amide bonds. The highest BCUT2D eigenvalue weighted by Gasteiger charge is 2.25. The van der Waals surface area contributed by atoms with E-state index in [0.717, 1.165) is 22.4 Å². The van der Waals surface area contributed by atoms with Crippen LogP contribution in [0.1, 0.15) is 41.4 Å². The van der Waals surface area contributed by atoms with Crippen molar-refractivity contribution in [2.75, 3.05) is 5.73 Å². The van der Waals surface area contributed by atoms with Crippen LogP contribution in [0.3, 0.4) is 0 Å². The van der Waals surface area contributed by atoms with Crippen molar-refractivity contribution in [2.45, 2.75) is 39.2 Å². The first kappa shape index (κ1) is 13.4. The second kappa shape index (κ2) is 5.09. The van der Waals surface area contributed by atoms with Gasteiger partial charge in [0, 0.05) is 16.1 Å². The Hall–Kier alpha value is -1.55. The van der Waals surface area contributed by atoms with Crippen molar-refractivity contribution in [3.63, 3.8) is 0 Å². The second-order valence-electron chi connectivity index (χ2n) is 5.85. The molecule has 3 nitrogen and oxygen atoms in total. The number of anilines is 1. The molecule has 1 atom stereocenters. The minimum absolute atomic E-state index is 0.0312. The van der Waals surface area contributed by atoms with Gasteiger partial charge in [-0.1, -0.05) is 31.0 Å². The van der Waals surface area contributed by atoms with Gasteiger partial charge in [-0.25, -0.2) is 0 Å². The maximum Gasteiger partial charge on any atom is 0.263 e. The molecule has 0 spiro atoms. The van der Waals surface area contributed by atoms with E-state index in [1.165, 1.54) is 29.7 Å². The van der Waals surface area contributed by atoms with Crippen LogP contribution in [-0.2, 0) is 0 Å². The van der Waals surface area contributed by atoms with Crippen LogP contribution in [0.5, 0.6) is 0 Å². The number of hydrogen-bond donors (Lipinski definition) is 2. The molecule has 3 N–H and O–H groups in total. The smallest absolute Gasteiger partial charge is 0.263 e. The number of nitrogens with two attached hydrogens (primary N) is 1. The molecule has 0 saturated heterocycles. The summed E-state index contributed by atoms with van der Waals surface area (Å²) in [5, 5.41) is 4.08. The largest absolute Gasteiger partial charge is 0.397 e. The number of amides is 1. The van der Waals surface area contributed by atoms with E-state index in [4.69, 9.17) is 5.73 Å². The highest BCUT2D eigenvalue weighted by molar-refractivity contribution is 7.21. The SMILES string of the molecule is Cc1cccc2c(N)c(C(=O)NC(C)CC3CC3)sc12. The molecular formula is C16H20N2OS. The van der Waals surface area contributed by atoms with Crippen molar-refractivity contribution in [1.29, 1.82) is 0 Å². The number of thiophene rings is 1. The van der Waals surface area contributed by atoms with Crippen molar-refractivity contribution in [2.24, 2.45) is 5.92 Å². The van der Waals surface area contributed by atoms with E-state index in [1.54, 1.807) is 0 Å². The molecular weight excluding hydrogens is 268 g/mol. The van der Waals surface area contributed by atoms with Gasteiger partial charge in [-0.2, -0.15) is 0 Å². The summed E-state index contributed by atoms with van der Waals surface area (Å²) in [6.07, 6.45) is 3.70. The molecule has 0 radical (unpaired) electrons. The molecule has 3 rings (SSSR count). The van der Waals surface area contributed by atoms with Crippen molar-refractivity contribution in [3.8, 4) is 0 Å². The van der Waals surface area contributed by atoms with Crippen LogP contribution in [0.2, 0.25) is 0 Å². The fraction of sp³-hybridized carbons (Fsp3) is 0.438. The third-order valence-electron chi connectivity index (χ3n) is 3.92. The third-order valence-corrected chi connectivity index (χ3v) is 5.27. The number of aryl methyl sites for hydroxylation is 1. The predicted octanol–water partition coefficient (Wildman–Crippen LogP) is 3.71. The zero-order valence-electron chi connectivity index (χ0n) is 11.9. The van der Waals surface area contributed by atoms with E-state index in [1.807, 2.05) is 12.1 Å².